The van der Waals surface area contributed by atoms with Crippen LogP contribution in [0, 0.1) is 0 Å². The van der Waals surface area contributed by atoms with Crippen LogP contribution in [0.25, 0.3) is 42.2 Å². The normalized spacial score (nSPS) is 10.9. The minimum absolute atomic E-state index is 0.0240. The highest BCUT2D eigenvalue weighted by Crippen LogP contribution is 2.38. The number of rotatable bonds is 22. The number of carbonyl (C=O) groups excluding carboxylic acids is 4. The Morgan fingerprint density at radius 1 is 0.490 bits per heavy atom. The molecule has 19 nitrogen and oxygen atoms in total. The fourth-order valence-electron chi connectivity index (χ4n) is 9.98. The number of halogens is 1. The Kier molecular flexibility index (Phi) is 25.5. The van der Waals surface area contributed by atoms with Crippen molar-refractivity contribution in [3.05, 3.63) is 286 Å². The highest BCUT2D eigenvalue weighted by atomic mass is 35.5. The molecule has 24 heteroatoms. The van der Waals surface area contributed by atoms with E-state index in [0.29, 0.717) is 47.3 Å². The van der Waals surface area contributed by atoms with Crippen LogP contribution in [-0.4, -0.2) is 83.6 Å². The summed E-state index contributed by atoms with van der Waals surface area (Å²) in [7, 11) is 0. The van der Waals surface area contributed by atoms with Crippen LogP contribution < -0.4 is 35.5 Å². The number of nitrogens with zero attached hydrogens (tertiary/aromatic N) is 7. The molecule has 0 spiro atoms. The number of aliphatic hydroxyl groups excluding tert-OH is 1. The Balaban J connectivity index is 0.000000135. The maximum Gasteiger partial charge on any atom is 0.236 e. The molecule has 0 bridgehead atoms. The van der Waals surface area contributed by atoms with Gasteiger partial charge < -0.3 is 40.6 Å². The second kappa shape index (κ2) is 36.4. The van der Waals surface area contributed by atoms with Gasteiger partial charge in [0, 0.05) is 87.9 Å². The number of aliphatic hydroxyl groups is 1. The minimum atomic E-state index is -0.350. The molecule has 502 valence electrons. The summed E-state index contributed by atoms with van der Waals surface area (Å²) in [5.41, 5.74) is 11.4. The summed E-state index contributed by atoms with van der Waals surface area (Å²) in [6.07, 6.45) is 15.4. The molecule has 0 atom stereocenters. The van der Waals surface area contributed by atoms with E-state index >= 15 is 0 Å². The van der Waals surface area contributed by atoms with Gasteiger partial charge in [-0.1, -0.05) is 115 Å². The van der Waals surface area contributed by atoms with E-state index < -0.39 is 0 Å². The molecule has 14 rings (SSSR count). The number of hydrogen-bond acceptors (Lipinski definition) is 19. The fraction of sp³-hybridized carbons (Fsp3) is 0.118. The van der Waals surface area contributed by atoms with Gasteiger partial charge in [-0.25, -0.2) is 29.9 Å². The van der Waals surface area contributed by atoms with Gasteiger partial charge in [-0.3, -0.25) is 24.2 Å². The third-order valence-corrected chi connectivity index (χ3v) is 18.9. The van der Waals surface area contributed by atoms with Crippen LogP contribution >= 0.6 is 56.9 Å². The first kappa shape index (κ1) is 70.1. The summed E-state index contributed by atoms with van der Waals surface area (Å²) >= 11 is 12.4. The number of aromatic nitrogens is 7. The fourth-order valence-corrected chi connectivity index (χ4v) is 13.5. The van der Waals surface area contributed by atoms with E-state index in [2.05, 4.69) is 56.2 Å². The predicted molar refractivity (Wildman–Crippen MR) is 396 cm³/mol. The molecule has 0 saturated heterocycles. The highest BCUT2D eigenvalue weighted by molar-refractivity contribution is 7.15. The van der Waals surface area contributed by atoms with E-state index in [9.17, 15) is 19.2 Å². The van der Waals surface area contributed by atoms with Crippen LogP contribution in [0.3, 0.4) is 0 Å². The zero-order valence-corrected chi connectivity index (χ0v) is 57.5. The minimum Gasteiger partial charge on any atom is -0.493 e. The number of benzene rings is 5. The summed E-state index contributed by atoms with van der Waals surface area (Å²) in [4.78, 5) is 82.2. The topological polar surface area (TPSA) is 255 Å². The molecular weight excluding hydrogens is 1360 g/mol. The predicted octanol–water partition coefficient (Wildman–Crippen LogP) is 16.3. The zero-order chi connectivity index (χ0) is 69.1. The van der Waals surface area contributed by atoms with Gasteiger partial charge in [0.05, 0.1) is 79.8 Å². The lowest BCUT2D eigenvalue weighted by Crippen LogP contribution is -2.21. The lowest BCUT2D eigenvalue weighted by molar-refractivity contribution is -0.117. The van der Waals surface area contributed by atoms with E-state index in [-0.39, 0.29) is 55.8 Å². The van der Waals surface area contributed by atoms with Gasteiger partial charge in [0.15, 0.2) is 11.5 Å². The first-order chi connectivity index (χ1) is 49.0. The molecule has 0 aliphatic carbocycles. The Morgan fingerprint density at radius 3 is 1.49 bits per heavy atom. The van der Waals surface area contributed by atoms with Crippen LogP contribution in [0.1, 0.15) is 46.6 Å². The number of pyridine rings is 1. The number of hydrogen-bond donors (Lipinski definition) is 5. The molecule has 0 saturated carbocycles. The lowest BCUT2D eigenvalue weighted by Gasteiger charge is -2.17. The molecule has 9 heterocycles. The molecule has 4 amide bonds. The van der Waals surface area contributed by atoms with Gasteiger partial charge in [-0.2, -0.15) is 0 Å². The second-order valence-corrected chi connectivity index (χ2v) is 26.0. The van der Waals surface area contributed by atoms with Gasteiger partial charge in [-0.05, 0) is 113 Å². The van der Waals surface area contributed by atoms with Gasteiger partial charge in [0.1, 0.15) is 24.7 Å². The van der Waals surface area contributed by atoms with Crippen molar-refractivity contribution in [2.45, 2.75) is 38.0 Å². The average Bonchev–Trinajstić information content (AvgIpc) is 1.34. The Labute approximate surface area is 597 Å². The molecule has 0 radical (unpaired) electrons. The third-order valence-electron chi connectivity index (χ3n) is 14.7. The first-order valence-electron chi connectivity index (χ1n) is 31.3. The molecule has 0 unspecified atom stereocenters. The van der Waals surface area contributed by atoms with Gasteiger partial charge in [0.2, 0.25) is 30.4 Å². The molecule has 1 aliphatic rings. The zero-order valence-electron chi connectivity index (χ0n) is 53.4. The van der Waals surface area contributed by atoms with E-state index in [1.54, 1.807) is 65.8 Å². The maximum atomic E-state index is 13.1. The number of nitrogens with one attached hydrogen (secondary N) is 4. The van der Waals surface area contributed by atoms with Crippen molar-refractivity contribution in [3.8, 4) is 59.4 Å². The number of amides is 4. The summed E-state index contributed by atoms with van der Waals surface area (Å²) in [6, 6.07) is 57.8. The number of thiophene rings is 4. The molecule has 0 fully saturated rings. The summed E-state index contributed by atoms with van der Waals surface area (Å²) in [6.45, 7) is 0.717. The Hall–Kier alpha value is -11.2. The van der Waals surface area contributed by atoms with Crippen molar-refractivity contribution in [2.75, 3.05) is 41.3 Å². The summed E-state index contributed by atoms with van der Waals surface area (Å²) < 4.78 is 16.1. The standard InChI is InChI=1S/C23H18N2OS.C19H19N3O3S.C17H12ClN3O3S.C17H15N3OS/c26-23(25-20-15-21(27-16-20)17-11-13-24-14-12-17)22(18-7-3-1-4-8-18)19-9-5-2-6-10-19;23-7-2-8-25-16-4-1-3-14(9-16)10-19(24)22-15-11-18(26-12-15)17-5-6-20-13-21-17;18-12-6-15-14(23-9-24-15)3-10(12)4-17(22)21-11-5-16(25-7-11)13-1-2-19-8-20-13;21-17(7-6-13-4-2-1-3-5-13)20-14-10-16(22-11-14)15-8-9-18-12-19-15/h1-16,22H,(H,25,26);1,3-6,9,11-13,23H,2,7-8,10H2,(H,22,24);1-3,5-8H,4,9H2,(H,21,22);1-5,8-12H,6-7H2,(H,20,21). The van der Waals surface area contributed by atoms with E-state index in [1.807, 2.05) is 191 Å². The number of anilines is 4. The second-order valence-electron chi connectivity index (χ2n) is 21.9. The molecule has 100 heavy (non-hydrogen) atoms. The molecular formula is C76H64ClN11O8S4. The van der Waals surface area contributed by atoms with Crippen molar-refractivity contribution in [1.82, 2.24) is 34.9 Å². The van der Waals surface area contributed by atoms with Crippen molar-refractivity contribution < 1.29 is 38.5 Å². The van der Waals surface area contributed by atoms with Crippen LogP contribution in [0.2, 0.25) is 5.02 Å². The monoisotopic (exact) mass is 1420 g/mol. The highest BCUT2D eigenvalue weighted by Gasteiger charge is 2.24. The average molecular weight is 1420 g/mol. The smallest absolute Gasteiger partial charge is 0.236 e. The third kappa shape index (κ3) is 20.9. The molecule has 5 aromatic carbocycles. The number of carbonyl (C=O) groups is 4. The van der Waals surface area contributed by atoms with Gasteiger partial charge in [0.25, 0.3) is 0 Å². The Morgan fingerprint density at radius 2 is 0.960 bits per heavy atom. The number of ether oxygens (including phenoxy) is 3. The van der Waals surface area contributed by atoms with Crippen molar-refractivity contribution in [2.24, 2.45) is 0 Å². The first-order valence-corrected chi connectivity index (χ1v) is 35.2. The largest absolute Gasteiger partial charge is 0.493 e. The van der Waals surface area contributed by atoms with Gasteiger partial charge >= 0.3 is 0 Å². The van der Waals surface area contributed by atoms with Crippen molar-refractivity contribution >= 4 is 103 Å². The maximum absolute atomic E-state index is 13.1. The molecule has 5 N–H and O–H groups in total. The van der Waals surface area contributed by atoms with Crippen molar-refractivity contribution in [3.63, 3.8) is 0 Å². The van der Waals surface area contributed by atoms with Crippen molar-refractivity contribution in [1.29, 1.82) is 0 Å². The van der Waals surface area contributed by atoms with E-state index in [0.717, 1.165) is 88.0 Å². The Bertz CT molecular complexity index is 4690. The number of aryl methyl sites for hydroxylation is 1. The van der Waals surface area contributed by atoms with Crippen LogP contribution in [0.15, 0.2) is 253 Å². The number of fused-ring (bicyclic) bond motifs is 1. The summed E-state index contributed by atoms with van der Waals surface area (Å²) in [5, 5.41) is 28.7. The van der Waals surface area contributed by atoms with E-state index in [1.165, 1.54) is 47.2 Å². The molecule has 8 aromatic heterocycles. The quantitative estimate of drug-likeness (QED) is 0.0396. The SMILES string of the molecule is O=C(CCc1ccccc1)Nc1csc(-c2ccncn2)c1.O=C(Cc1cc2c(cc1Cl)OCO2)Nc1csc(-c2ccncn2)c1.O=C(Cc1cccc(OCCCO)c1)Nc1csc(-c2ccncn2)c1.O=C(Nc1csc(-c2ccncc2)c1)C(c1ccccc1)c1ccccc1. The van der Waals surface area contributed by atoms with Gasteiger partial charge in [-0.15, -0.1) is 45.3 Å². The molecule has 1 aliphatic heterocycles. The van der Waals surface area contributed by atoms with Crippen LogP contribution in [0.4, 0.5) is 22.7 Å². The summed E-state index contributed by atoms with van der Waals surface area (Å²) in [5.74, 6) is 1.29. The van der Waals surface area contributed by atoms with E-state index in [4.69, 9.17) is 30.9 Å². The lowest BCUT2D eigenvalue weighted by atomic mass is 9.90. The molecule has 13 aromatic rings. The van der Waals surface area contributed by atoms with Crippen LogP contribution in [0.5, 0.6) is 17.2 Å². The van der Waals surface area contributed by atoms with Crippen LogP contribution in [-0.2, 0) is 38.4 Å².